The van der Waals surface area contributed by atoms with Crippen molar-refractivity contribution in [2.24, 2.45) is 11.3 Å². The zero-order valence-corrected chi connectivity index (χ0v) is 19.6. The van der Waals surface area contributed by atoms with E-state index >= 15 is 0 Å². The van der Waals surface area contributed by atoms with Gasteiger partial charge in [0, 0.05) is 57.2 Å². The lowest BCUT2D eigenvalue weighted by Gasteiger charge is -2.40. The second-order valence-corrected chi connectivity index (χ2v) is 9.97. The molecule has 3 heterocycles. The molecule has 1 aliphatic carbocycles. The molecule has 6 nitrogen and oxygen atoms in total. The number of amides is 1. The molecule has 1 aromatic heterocycles. The van der Waals surface area contributed by atoms with E-state index < -0.39 is 17.2 Å². The SMILES string of the molecule is COC1COCCC1NC1CC[C@@](C(=O)N2CCc3ncc(C(F)(F)F)cc3C2)(C(C)C)C1. The fourth-order valence-electron chi connectivity index (χ4n) is 5.69. The van der Waals surface area contributed by atoms with Gasteiger partial charge in [-0.3, -0.25) is 9.78 Å². The van der Waals surface area contributed by atoms with E-state index in [-0.39, 0.29) is 36.6 Å². The number of halogens is 3. The largest absolute Gasteiger partial charge is 0.417 e. The molecule has 2 aliphatic heterocycles. The Bertz CT molecular complexity index is 863. The summed E-state index contributed by atoms with van der Waals surface area (Å²) in [4.78, 5) is 19.6. The topological polar surface area (TPSA) is 63.7 Å². The molecule has 1 saturated carbocycles. The summed E-state index contributed by atoms with van der Waals surface area (Å²) < 4.78 is 50.6. The highest BCUT2D eigenvalue weighted by atomic mass is 19.4. The number of alkyl halides is 3. The van der Waals surface area contributed by atoms with E-state index in [1.54, 1.807) is 12.0 Å². The Morgan fingerprint density at radius 3 is 2.85 bits per heavy atom. The van der Waals surface area contributed by atoms with Crippen LogP contribution in [0.2, 0.25) is 0 Å². The van der Waals surface area contributed by atoms with Crippen LogP contribution in [0.3, 0.4) is 0 Å². The van der Waals surface area contributed by atoms with Gasteiger partial charge in [0.2, 0.25) is 5.91 Å². The van der Waals surface area contributed by atoms with Crippen LogP contribution in [0.15, 0.2) is 12.3 Å². The van der Waals surface area contributed by atoms with Crippen molar-refractivity contribution in [1.82, 2.24) is 15.2 Å². The number of nitrogens with one attached hydrogen (secondary N) is 1. The number of hydrogen-bond acceptors (Lipinski definition) is 5. The van der Waals surface area contributed by atoms with E-state index in [0.717, 1.165) is 37.9 Å². The van der Waals surface area contributed by atoms with Crippen LogP contribution >= 0.6 is 0 Å². The monoisotopic (exact) mass is 469 g/mol. The quantitative estimate of drug-likeness (QED) is 0.714. The molecule has 1 saturated heterocycles. The molecule has 1 amide bonds. The number of methoxy groups -OCH3 is 1. The van der Waals surface area contributed by atoms with Gasteiger partial charge in [-0.1, -0.05) is 13.8 Å². The summed E-state index contributed by atoms with van der Waals surface area (Å²) in [6.45, 7) is 6.09. The molecule has 9 heteroatoms. The van der Waals surface area contributed by atoms with Crippen LogP contribution in [-0.4, -0.2) is 60.8 Å². The van der Waals surface area contributed by atoms with E-state index in [9.17, 15) is 18.0 Å². The van der Waals surface area contributed by atoms with Gasteiger partial charge in [-0.05, 0) is 43.2 Å². The average molecular weight is 470 g/mol. The van der Waals surface area contributed by atoms with Crippen molar-refractivity contribution in [3.63, 3.8) is 0 Å². The number of hydrogen-bond donors (Lipinski definition) is 1. The van der Waals surface area contributed by atoms with Gasteiger partial charge < -0.3 is 19.7 Å². The van der Waals surface area contributed by atoms with Crippen LogP contribution in [0.4, 0.5) is 13.2 Å². The molecule has 0 aromatic carbocycles. The number of carbonyl (C=O) groups excluding carboxylic acids is 1. The van der Waals surface area contributed by atoms with E-state index in [2.05, 4.69) is 24.1 Å². The first kappa shape index (κ1) is 24.4. The first-order valence-corrected chi connectivity index (χ1v) is 11.8. The lowest BCUT2D eigenvalue weighted by molar-refractivity contribution is -0.146. The summed E-state index contributed by atoms with van der Waals surface area (Å²) in [7, 11) is 1.69. The first-order valence-electron chi connectivity index (χ1n) is 11.8. The van der Waals surface area contributed by atoms with Gasteiger partial charge in [0.15, 0.2) is 0 Å². The molecular formula is C24H34F3N3O3. The van der Waals surface area contributed by atoms with Crippen molar-refractivity contribution in [2.75, 3.05) is 26.9 Å². The second kappa shape index (κ2) is 9.50. The van der Waals surface area contributed by atoms with Gasteiger partial charge in [-0.2, -0.15) is 13.2 Å². The highest BCUT2D eigenvalue weighted by Crippen LogP contribution is 2.47. The maximum atomic E-state index is 13.8. The number of rotatable bonds is 5. The molecule has 3 unspecified atom stereocenters. The minimum absolute atomic E-state index is 0.00238. The van der Waals surface area contributed by atoms with Crippen molar-refractivity contribution in [3.05, 3.63) is 29.1 Å². The second-order valence-electron chi connectivity index (χ2n) is 9.97. The van der Waals surface area contributed by atoms with Crippen LogP contribution < -0.4 is 5.32 Å². The maximum absolute atomic E-state index is 13.8. The summed E-state index contributed by atoms with van der Waals surface area (Å²) in [5.74, 6) is 0.186. The Labute approximate surface area is 193 Å². The number of nitrogens with zero attached hydrogens (tertiary/aromatic N) is 2. The molecule has 2 fully saturated rings. The van der Waals surface area contributed by atoms with Gasteiger partial charge in [-0.25, -0.2) is 0 Å². The van der Waals surface area contributed by atoms with E-state index in [4.69, 9.17) is 9.47 Å². The number of ether oxygens (including phenoxy) is 2. The van der Waals surface area contributed by atoms with Crippen molar-refractivity contribution in [2.45, 2.75) is 76.9 Å². The first-order chi connectivity index (χ1) is 15.6. The third-order valence-corrected chi connectivity index (χ3v) is 7.79. The maximum Gasteiger partial charge on any atom is 0.417 e. The minimum atomic E-state index is -4.44. The Balaban J connectivity index is 1.48. The zero-order chi connectivity index (χ0) is 23.8. The van der Waals surface area contributed by atoms with Crippen molar-refractivity contribution in [3.8, 4) is 0 Å². The summed E-state index contributed by atoms with van der Waals surface area (Å²) in [5.41, 5.74) is -0.121. The fourth-order valence-corrected chi connectivity index (χ4v) is 5.69. The lowest BCUT2D eigenvalue weighted by atomic mass is 9.74. The highest BCUT2D eigenvalue weighted by Gasteiger charge is 2.50. The van der Waals surface area contributed by atoms with Crippen molar-refractivity contribution in [1.29, 1.82) is 0 Å². The van der Waals surface area contributed by atoms with Crippen LogP contribution in [0, 0.1) is 11.3 Å². The van der Waals surface area contributed by atoms with E-state index in [0.29, 0.717) is 37.4 Å². The van der Waals surface area contributed by atoms with Gasteiger partial charge >= 0.3 is 6.18 Å². The van der Waals surface area contributed by atoms with Gasteiger partial charge in [0.05, 0.1) is 23.7 Å². The molecule has 184 valence electrons. The summed E-state index contributed by atoms with van der Waals surface area (Å²) in [6.07, 6.45) is 0.180. The molecule has 0 spiro atoms. The molecule has 0 bridgehead atoms. The summed E-state index contributed by atoms with van der Waals surface area (Å²) in [5, 5.41) is 3.72. The van der Waals surface area contributed by atoms with Gasteiger partial charge in [-0.15, -0.1) is 0 Å². The molecule has 1 N–H and O–H groups in total. The predicted molar refractivity (Wildman–Crippen MR) is 116 cm³/mol. The molecule has 33 heavy (non-hydrogen) atoms. The minimum Gasteiger partial charge on any atom is -0.379 e. The van der Waals surface area contributed by atoms with Crippen LogP contribution in [0.1, 0.15) is 56.4 Å². The van der Waals surface area contributed by atoms with Crippen molar-refractivity contribution < 1.29 is 27.4 Å². The standard InChI is InChI=1S/C24H34F3N3O3/c1-15(2)23(7-4-18(11-23)29-20-6-9-33-14-21(20)32-3)22(31)30-8-5-19-16(13-30)10-17(12-28-19)24(25,26)27/h10,12,15,18,20-21,29H,4-9,11,13-14H2,1-3H3/t18?,20?,21?,23-/m0/s1. The van der Waals surface area contributed by atoms with Crippen LogP contribution in [-0.2, 0) is 33.4 Å². The predicted octanol–water partition coefficient (Wildman–Crippen LogP) is 3.57. The smallest absolute Gasteiger partial charge is 0.379 e. The number of aromatic nitrogens is 1. The average Bonchev–Trinajstić information content (AvgIpc) is 3.23. The molecule has 4 rings (SSSR count). The highest BCUT2D eigenvalue weighted by molar-refractivity contribution is 5.83. The van der Waals surface area contributed by atoms with Crippen molar-refractivity contribution >= 4 is 5.91 Å². The van der Waals surface area contributed by atoms with Crippen LogP contribution in [0.5, 0.6) is 0 Å². The van der Waals surface area contributed by atoms with E-state index in [1.807, 2.05) is 0 Å². The normalized spacial score (nSPS) is 30.5. The molecule has 4 atom stereocenters. The van der Waals surface area contributed by atoms with Crippen LogP contribution in [0.25, 0.3) is 0 Å². The number of carbonyl (C=O) groups is 1. The van der Waals surface area contributed by atoms with Gasteiger partial charge in [0.1, 0.15) is 0 Å². The Morgan fingerprint density at radius 1 is 1.36 bits per heavy atom. The fraction of sp³-hybridized carbons (Fsp3) is 0.750. The summed E-state index contributed by atoms with van der Waals surface area (Å²) in [6, 6.07) is 1.55. The molecule has 0 radical (unpaired) electrons. The third-order valence-electron chi connectivity index (χ3n) is 7.79. The number of fused-ring (bicyclic) bond motifs is 1. The Hall–Kier alpha value is -1.71. The lowest BCUT2D eigenvalue weighted by Crippen LogP contribution is -2.52. The zero-order valence-electron chi connectivity index (χ0n) is 19.6. The Morgan fingerprint density at radius 2 is 2.15 bits per heavy atom. The summed E-state index contributed by atoms with van der Waals surface area (Å²) >= 11 is 0. The van der Waals surface area contributed by atoms with E-state index in [1.165, 1.54) is 0 Å². The van der Waals surface area contributed by atoms with Gasteiger partial charge in [0.25, 0.3) is 0 Å². The number of pyridine rings is 1. The third kappa shape index (κ3) is 4.91. The molecule has 1 aromatic rings. The molecular weight excluding hydrogens is 435 g/mol. The molecule has 3 aliphatic rings. The Kier molecular flexibility index (Phi) is 7.03.